The molecule has 2 aliphatic rings. The zero-order valence-corrected chi connectivity index (χ0v) is 17.4. The number of carbonyl (C=O) groups excluding carboxylic acids is 1. The predicted octanol–water partition coefficient (Wildman–Crippen LogP) is 2.53. The number of pyridine rings is 1. The molecule has 1 saturated carbocycles. The first kappa shape index (κ1) is 20.6. The normalized spacial score (nSPS) is 26.1. The predicted molar refractivity (Wildman–Crippen MR) is 110 cm³/mol. The SMILES string of the molecule is COC(=O)c1cccc(O[C@@H]2C[C@@H]3CN(Cc4cncc(OC)c4)C[C@@H]3C[C@H]2O)c1. The molecule has 7 heteroatoms. The molecule has 0 spiro atoms. The summed E-state index contributed by atoms with van der Waals surface area (Å²) in [6.45, 7) is 2.75. The van der Waals surface area contributed by atoms with Gasteiger partial charge in [-0.15, -0.1) is 0 Å². The van der Waals surface area contributed by atoms with Crippen LogP contribution < -0.4 is 9.47 Å². The first-order valence-corrected chi connectivity index (χ1v) is 10.3. The van der Waals surface area contributed by atoms with E-state index in [0.29, 0.717) is 23.1 Å². The molecule has 1 aliphatic carbocycles. The fraction of sp³-hybridized carbons (Fsp3) is 0.478. The van der Waals surface area contributed by atoms with Crippen LogP contribution in [0.2, 0.25) is 0 Å². The van der Waals surface area contributed by atoms with E-state index < -0.39 is 12.1 Å². The lowest BCUT2D eigenvalue weighted by Gasteiger charge is -2.35. The minimum atomic E-state index is -0.522. The number of ether oxygens (including phenoxy) is 3. The Morgan fingerprint density at radius 1 is 1.13 bits per heavy atom. The van der Waals surface area contributed by atoms with Crippen molar-refractivity contribution in [1.82, 2.24) is 9.88 Å². The molecular formula is C23H28N2O5. The molecule has 1 N–H and O–H groups in total. The molecule has 4 atom stereocenters. The topological polar surface area (TPSA) is 81.1 Å². The van der Waals surface area contributed by atoms with Gasteiger partial charge in [0.2, 0.25) is 0 Å². The van der Waals surface area contributed by atoms with Crippen molar-refractivity contribution in [2.24, 2.45) is 11.8 Å². The average Bonchev–Trinajstić information content (AvgIpc) is 3.14. The molecule has 30 heavy (non-hydrogen) atoms. The molecule has 0 unspecified atom stereocenters. The van der Waals surface area contributed by atoms with Crippen molar-refractivity contribution in [2.75, 3.05) is 27.3 Å². The third kappa shape index (κ3) is 4.57. The summed E-state index contributed by atoms with van der Waals surface area (Å²) in [4.78, 5) is 18.4. The van der Waals surface area contributed by atoms with Gasteiger partial charge in [0, 0.05) is 25.8 Å². The summed E-state index contributed by atoms with van der Waals surface area (Å²) in [7, 11) is 3.00. The van der Waals surface area contributed by atoms with Crippen LogP contribution in [0.25, 0.3) is 0 Å². The lowest BCUT2D eigenvalue weighted by molar-refractivity contribution is -0.0231. The summed E-state index contributed by atoms with van der Waals surface area (Å²) < 4.78 is 16.1. The Labute approximate surface area is 176 Å². The second-order valence-corrected chi connectivity index (χ2v) is 8.16. The number of nitrogens with zero attached hydrogens (tertiary/aromatic N) is 2. The van der Waals surface area contributed by atoms with Gasteiger partial charge in [0.25, 0.3) is 0 Å². The maximum atomic E-state index is 11.8. The van der Waals surface area contributed by atoms with Crippen LogP contribution in [0.15, 0.2) is 42.7 Å². The van der Waals surface area contributed by atoms with Crippen LogP contribution >= 0.6 is 0 Å². The number of rotatable bonds is 6. The molecule has 1 saturated heterocycles. The number of likely N-dealkylation sites (tertiary alicyclic amines) is 1. The summed E-state index contributed by atoms with van der Waals surface area (Å²) in [5.74, 6) is 1.88. The molecule has 0 amide bonds. The first-order chi connectivity index (χ1) is 14.6. The molecule has 160 valence electrons. The Hall–Kier alpha value is -2.64. The molecule has 1 aliphatic heterocycles. The van der Waals surface area contributed by atoms with Crippen LogP contribution in [0, 0.1) is 11.8 Å². The van der Waals surface area contributed by atoms with Gasteiger partial charge in [-0.05, 0) is 54.5 Å². The molecule has 2 fully saturated rings. The Bertz CT molecular complexity index is 889. The highest BCUT2D eigenvalue weighted by atomic mass is 16.5. The summed E-state index contributed by atoms with van der Waals surface area (Å²) in [6, 6.07) is 8.95. The van der Waals surface area contributed by atoms with Crippen LogP contribution in [-0.4, -0.2) is 60.5 Å². The van der Waals surface area contributed by atoms with E-state index >= 15 is 0 Å². The van der Waals surface area contributed by atoms with E-state index in [2.05, 4.69) is 9.88 Å². The first-order valence-electron chi connectivity index (χ1n) is 10.3. The van der Waals surface area contributed by atoms with E-state index in [1.54, 1.807) is 31.5 Å². The van der Waals surface area contributed by atoms with Crippen molar-refractivity contribution in [3.05, 3.63) is 53.9 Å². The molecule has 2 heterocycles. The van der Waals surface area contributed by atoms with Gasteiger partial charge >= 0.3 is 5.97 Å². The molecule has 7 nitrogen and oxygen atoms in total. The van der Waals surface area contributed by atoms with E-state index in [4.69, 9.17) is 14.2 Å². The van der Waals surface area contributed by atoms with Crippen molar-refractivity contribution in [1.29, 1.82) is 0 Å². The maximum Gasteiger partial charge on any atom is 0.337 e. The highest BCUT2D eigenvalue weighted by Crippen LogP contribution is 2.38. The van der Waals surface area contributed by atoms with Gasteiger partial charge in [-0.25, -0.2) is 4.79 Å². The Kier molecular flexibility index (Phi) is 6.20. The van der Waals surface area contributed by atoms with Crippen molar-refractivity contribution in [3.63, 3.8) is 0 Å². The number of carbonyl (C=O) groups is 1. The summed E-state index contributed by atoms with van der Waals surface area (Å²) in [5, 5.41) is 10.7. The minimum Gasteiger partial charge on any atom is -0.495 e. The van der Waals surface area contributed by atoms with E-state index in [9.17, 15) is 9.90 Å². The van der Waals surface area contributed by atoms with Crippen LogP contribution in [-0.2, 0) is 11.3 Å². The van der Waals surface area contributed by atoms with Gasteiger partial charge in [0.15, 0.2) is 0 Å². The molecule has 2 aromatic rings. The number of benzene rings is 1. The Morgan fingerprint density at radius 2 is 1.93 bits per heavy atom. The van der Waals surface area contributed by atoms with Gasteiger partial charge in [-0.2, -0.15) is 0 Å². The Balaban J connectivity index is 1.38. The van der Waals surface area contributed by atoms with Gasteiger partial charge < -0.3 is 19.3 Å². The zero-order chi connectivity index (χ0) is 21.1. The maximum absolute atomic E-state index is 11.8. The van der Waals surface area contributed by atoms with Crippen molar-refractivity contribution < 1.29 is 24.1 Å². The largest absolute Gasteiger partial charge is 0.495 e. The van der Waals surface area contributed by atoms with Gasteiger partial charge in [0.05, 0.1) is 32.1 Å². The number of esters is 1. The number of aliphatic hydroxyl groups is 1. The van der Waals surface area contributed by atoms with E-state index in [0.717, 1.165) is 43.8 Å². The van der Waals surface area contributed by atoms with Gasteiger partial charge in [0.1, 0.15) is 17.6 Å². The number of aromatic nitrogens is 1. The lowest BCUT2D eigenvalue weighted by atomic mass is 9.78. The van der Waals surface area contributed by atoms with Crippen molar-refractivity contribution >= 4 is 5.97 Å². The van der Waals surface area contributed by atoms with Gasteiger partial charge in [-0.1, -0.05) is 6.07 Å². The van der Waals surface area contributed by atoms with Crippen LogP contribution in [0.4, 0.5) is 0 Å². The molecule has 4 rings (SSSR count). The van der Waals surface area contributed by atoms with Gasteiger partial charge in [-0.3, -0.25) is 9.88 Å². The highest BCUT2D eigenvalue weighted by molar-refractivity contribution is 5.89. The smallest absolute Gasteiger partial charge is 0.337 e. The third-order valence-corrected chi connectivity index (χ3v) is 6.11. The van der Waals surface area contributed by atoms with Crippen molar-refractivity contribution in [3.8, 4) is 11.5 Å². The van der Waals surface area contributed by atoms with Crippen LogP contribution in [0.5, 0.6) is 11.5 Å². The monoisotopic (exact) mass is 412 g/mol. The Morgan fingerprint density at radius 3 is 2.70 bits per heavy atom. The van der Waals surface area contributed by atoms with E-state index in [1.165, 1.54) is 7.11 Å². The quantitative estimate of drug-likeness (QED) is 0.730. The zero-order valence-electron chi connectivity index (χ0n) is 17.4. The van der Waals surface area contributed by atoms with E-state index in [-0.39, 0.29) is 6.10 Å². The number of hydrogen-bond donors (Lipinski definition) is 1. The minimum absolute atomic E-state index is 0.280. The number of hydrogen-bond acceptors (Lipinski definition) is 7. The van der Waals surface area contributed by atoms with Crippen LogP contribution in [0.3, 0.4) is 0 Å². The summed E-state index contributed by atoms with van der Waals surface area (Å²) in [6.07, 6.45) is 4.30. The third-order valence-electron chi connectivity index (χ3n) is 6.11. The molecule has 1 aromatic heterocycles. The van der Waals surface area contributed by atoms with Crippen molar-refractivity contribution in [2.45, 2.75) is 31.6 Å². The molecular weight excluding hydrogens is 384 g/mol. The average molecular weight is 412 g/mol. The molecule has 0 bridgehead atoms. The number of aliphatic hydroxyl groups excluding tert-OH is 1. The summed E-state index contributed by atoms with van der Waals surface area (Å²) in [5.41, 5.74) is 1.57. The summed E-state index contributed by atoms with van der Waals surface area (Å²) >= 11 is 0. The number of fused-ring (bicyclic) bond motifs is 1. The molecule has 1 aromatic carbocycles. The lowest BCUT2D eigenvalue weighted by Crippen LogP contribution is -2.42. The molecule has 0 radical (unpaired) electrons. The highest BCUT2D eigenvalue weighted by Gasteiger charge is 2.42. The van der Waals surface area contributed by atoms with Crippen LogP contribution in [0.1, 0.15) is 28.8 Å². The number of methoxy groups -OCH3 is 2. The fourth-order valence-corrected chi connectivity index (χ4v) is 4.65. The second kappa shape index (κ2) is 9.02. The second-order valence-electron chi connectivity index (χ2n) is 8.16. The standard InChI is InChI=1S/C23H28N2O5/c1-28-20-6-15(10-24-11-20)12-25-13-17-8-21(26)22(9-18(17)14-25)30-19-5-3-4-16(7-19)23(27)29-2/h3-7,10-11,17-18,21-22,26H,8-9,12-14H2,1-2H3/t17-,18+,21+,22+/m0/s1. The van der Waals surface area contributed by atoms with E-state index in [1.807, 2.05) is 18.3 Å². The fourth-order valence-electron chi connectivity index (χ4n) is 4.65.